The van der Waals surface area contributed by atoms with Crippen molar-refractivity contribution in [2.45, 2.75) is 46.0 Å². The quantitative estimate of drug-likeness (QED) is 0.396. The Kier molecular flexibility index (Phi) is 7.44. The smallest absolute Gasteiger partial charge is 0.399 e. The number of halogens is 3. The van der Waals surface area contributed by atoms with Crippen molar-refractivity contribution >= 4 is 34.0 Å². The highest BCUT2D eigenvalue weighted by Gasteiger charge is 2.31. The van der Waals surface area contributed by atoms with Crippen molar-refractivity contribution in [1.82, 2.24) is 14.9 Å². The second kappa shape index (κ2) is 10.4. The number of anilines is 3. The van der Waals surface area contributed by atoms with Crippen molar-refractivity contribution in [2.24, 2.45) is 0 Å². The molecule has 1 aromatic heterocycles. The maximum Gasteiger partial charge on any atom is 0.416 e. The second-order valence-corrected chi connectivity index (χ2v) is 9.49. The molecule has 1 saturated heterocycles. The fourth-order valence-electron chi connectivity index (χ4n) is 4.32. The van der Waals surface area contributed by atoms with Gasteiger partial charge < -0.3 is 26.0 Å². The minimum absolute atomic E-state index is 0.0249. The zero-order chi connectivity index (χ0) is 26.9. The van der Waals surface area contributed by atoms with Gasteiger partial charge in [0.25, 0.3) is 5.91 Å². The molecule has 0 saturated carbocycles. The number of nitrogens with zero attached hydrogens (tertiary/aromatic N) is 3. The molecule has 11 heteroatoms. The molecular weight excluding hydrogens is 485 g/mol. The van der Waals surface area contributed by atoms with Crippen molar-refractivity contribution in [3.05, 3.63) is 52.8 Å². The molecule has 0 unspecified atom stereocenters. The molecule has 4 N–H and O–H groups in total. The summed E-state index contributed by atoms with van der Waals surface area (Å²) in [5.74, 6) is 0.787. The second-order valence-electron chi connectivity index (χ2n) is 9.49. The summed E-state index contributed by atoms with van der Waals surface area (Å²) >= 11 is 0. The minimum Gasteiger partial charge on any atom is -0.399 e. The summed E-state index contributed by atoms with van der Waals surface area (Å²) in [5, 5.41) is 7.21. The maximum atomic E-state index is 13.4. The summed E-state index contributed by atoms with van der Waals surface area (Å²) in [7, 11) is 0. The van der Waals surface area contributed by atoms with Crippen molar-refractivity contribution in [2.75, 3.05) is 42.7 Å². The van der Waals surface area contributed by atoms with Crippen molar-refractivity contribution in [3.8, 4) is 0 Å². The van der Waals surface area contributed by atoms with Gasteiger partial charge in [0.1, 0.15) is 11.6 Å². The zero-order valence-electron chi connectivity index (χ0n) is 21.2. The number of hydrogen-bond donors (Lipinski definition) is 3. The summed E-state index contributed by atoms with van der Waals surface area (Å²) in [4.78, 5) is 24.2. The lowest BCUT2D eigenvalue weighted by atomic mass is 10.0. The molecule has 1 atom stereocenters. The van der Waals surface area contributed by atoms with Crippen LogP contribution in [0.4, 0.5) is 30.4 Å². The molecule has 2 heterocycles. The van der Waals surface area contributed by atoms with Crippen LogP contribution in [0.15, 0.2) is 30.3 Å². The standard InChI is InChI=1S/C26H31F3N6O2/c1-14(2)31-23-12-20-22(13-21(23)25(36)35-5-7-37-8-6-35)33-16(4)34-24(20)32-15(3)17-9-18(26(27,28)29)11-19(30)10-17/h9-15,31H,5-8,30H2,1-4H3,(H,32,33,34)/t15-/m1/s1. The van der Waals surface area contributed by atoms with E-state index in [1.807, 2.05) is 19.9 Å². The van der Waals surface area contributed by atoms with E-state index < -0.39 is 17.8 Å². The van der Waals surface area contributed by atoms with Crippen LogP contribution in [0.1, 0.15) is 54.1 Å². The Morgan fingerprint density at radius 3 is 2.41 bits per heavy atom. The minimum atomic E-state index is -4.51. The van der Waals surface area contributed by atoms with E-state index in [-0.39, 0.29) is 17.6 Å². The Morgan fingerprint density at radius 1 is 1.05 bits per heavy atom. The molecule has 1 amide bonds. The van der Waals surface area contributed by atoms with Crippen molar-refractivity contribution in [3.63, 3.8) is 0 Å². The summed E-state index contributed by atoms with van der Waals surface area (Å²) in [6.45, 7) is 9.38. The van der Waals surface area contributed by atoms with E-state index in [4.69, 9.17) is 10.5 Å². The van der Waals surface area contributed by atoms with Crippen LogP contribution in [0.5, 0.6) is 0 Å². The number of nitrogen functional groups attached to an aromatic ring is 1. The lowest BCUT2D eigenvalue weighted by Crippen LogP contribution is -2.41. The number of benzene rings is 2. The van der Waals surface area contributed by atoms with Crippen LogP contribution >= 0.6 is 0 Å². The molecule has 0 radical (unpaired) electrons. The Labute approximate surface area is 213 Å². The molecule has 8 nitrogen and oxygen atoms in total. The van der Waals surface area contributed by atoms with Gasteiger partial charge >= 0.3 is 6.18 Å². The van der Waals surface area contributed by atoms with Crippen molar-refractivity contribution < 1.29 is 22.7 Å². The van der Waals surface area contributed by atoms with Gasteiger partial charge in [-0.1, -0.05) is 0 Å². The van der Waals surface area contributed by atoms with Gasteiger partial charge in [0.2, 0.25) is 0 Å². The third-order valence-electron chi connectivity index (χ3n) is 6.08. The molecule has 1 aliphatic rings. The first-order valence-corrected chi connectivity index (χ1v) is 12.1. The van der Waals surface area contributed by atoms with E-state index >= 15 is 0 Å². The van der Waals surface area contributed by atoms with E-state index in [2.05, 4.69) is 20.6 Å². The van der Waals surface area contributed by atoms with Crippen LogP contribution in [0, 0.1) is 6.92 Å². The Balaban J connectivity index is 1.76. The fourth-order valence-corrected chi connectivity index (χ4v) is 4.32. The molecule has 0 bridgehead atoms. The largest absolute Gasteiger partial charge is 0.416 e. The van der Waals surface area contributed by atoms with Gasteiger partial charge in [0, 0.05) is 35.9 Å². The number of carbonyl (C=O) groups is 1. The first kappa shape index (κ1) is 26.5. The van der Waals surface area contributed by atoms with Gasteiger partial charge in [-0.2, -0.15) is 13.2 Å². The van der Waals surface area contributed by atoms with Crippen LogP contribution in [-0.2, 0) is 10.9 Å². The topological polar surface area (TPSA) is 105 Å². The average Bonchev–Trinajstić information content (AvgIpc) is 2.82. The van der Waals surface area contributed by atoms with Crippen LogP contribution in [0.3, 0.4) is 0 Å². The first-order chi connectivity index (χ1) is 17.4. The Morgan fingerprint density at radius 2 is 1.76 bits per heavy atom. The predicted molar refractivity (Wildman–Crippen MR) is 138 cm³/mol. The number of aryl methyl sites for hydroxylation is 1. The predicted octanol–water partition coefficient (Wildman–Crippen LogP) is 5.01. The monoisotopic (exact) mass is 516 g/mol. The number of morpholine rings is 1. The number of nitrogens with two attached hydrogens (primary N) is 1. The summed E-state index contributed by atoms with van der Waals surface area (Å²) in [6.07, 6.45) is -4.51. The van der Waals surface area contributed by atoms with Gasteiger partial charge in [-0.15, -0.1) is 0 Å². The lowest BCUT2D eigenvalue weighted by Gasteiger charge is -2.28. The Bertz CT molecular complexity index is 1310. The van der Waals surface area contributed by atoms with Crippen molar-refractivity contribution in [1.29, 1.82) is 0 Å². The van der Waals surface area contributed by atoms with Crippen LogP contribution in [-0.4, -0.2) is 53.1 Å². The third-order valence-corrected chi connectivity index (χ3v) is 6.08. The molecule has 1 fully saturated rings. The molecule has 2 aromatic carbocycles. The summed E-state index contributed by atoms with van der Waals surface area (Å²) < 4.78 is 45.4. The maximum absolute atomic E-state index is 13.4. The number of carbonyl (C=O) groups excluding carboxylic acids is 1. The fraction of sp³-hybridized carbons (Fsp3) is 0.423. The highest BCUT2D eigenvalue weighted by Crippen LogP contribution is 2.35. The van der Waals surface area contributed by atoms with E-state index in [1.165, 1.54) is 6.07 Å². The van der Waals surface area contributed by atoms with Gasteiger partial charge in [-0.25, -0.2) is 9.97 Å². The van der Waals surface area contributed by atoms with Gasteiger partial charge in [-0.05, 0) is 63.6 Å². The molecule has 4 rings (SSSR count). The summed E-state index contributed by atoms with van der Waals surface area (Å²) in [6, 6.07) is 6.56. The molecule has 3 aromatic rings. The molecule has 198 valence electrons. The molecule has 1 aliphatic heterocycles. The number of hydrogen-bond acceptors (Lipinski definition) is 7. The van der Waals surface area contributed by atoms with E-state index in [0.717, 1.165) is 12.1 Å². The van der Waals surface area contributed by atoms with Crippen LogP contribution in [0.25, 0.3) is 10.9 Å². The van der Waals surface area contributed by atoms with Crippen LogP contribution < -0.4 is 16.4 Å². The SMILES string of the molecule is Cc1nc(N[C@H](C)c2cc(N)cc(C(F)(F)F)c2)c2cc(NC(C)C)c(C(=O)N3CCOCC3)cc2n1. The average molecular weight is 517 g/mol. The first-order valence-electron chi connectivity index (χ1n) is 12.1. The number of nitrogens with one attached hydrogen (secondary N) is 2. The Hall–Kier alpha value is -3.60. The highest BCUT2D eigenvalue weighted by molar-refractivity contribution is 6.05. The number of amides is 1. The zero-order valence-corrected chi connectivity index (χ0v) is 21.2. The van der Waals surface area contributed by atoms with Gasteiger partial charge in [-0.3, -0.25) is 4.79 Å². The van der Waals surface area contributed by atoms with E-state index in [0.29, 0.717) is 65.7 Å². The normalized spacial score (nSPS) is 15.2. The van der Waals surface area contributed by atoms with Gasteiger partial charge in [0.05, 0.1) is 35.9 Å². The molecule has 0 spiro atoms. The van der Waals surface area contributed by atoms with E-state index in [1.54, 1.807) is 24.8 Å². The number of alkyl halides is 3. The number of ether oxygens (including phenoxy) is 1. The molecular formula is C26H31F3N6O2. The number of fused-ring (bicyclic) bond motifs is 1. The highest BCUT2D eigenvalue weighted by atomic mass is 19.4. The number of aromatic nitrogens is 2. The third kappa shape index (κ3) is 6.04. The molecule has 0 aliphatic carbocycles. The molecule has 37 heavy (non-hydrogen) atoms. The lowest BCUT2D eigenvalue weighted by molar-refractivity contribution is -0.137. The number of rotatable bonds is 6. The van der Waals surface area contributed by atoms with E-state index in [9.17, 15) is 18.0 Å². The summed E-state index contributed by atoms with van der Waals surface area (Å²) in [5.41, 5.74) is 7.03. The van der Waals surface area contributed by atoms with Gasteiger partial charge in [0.15, 0.2) is 0 Å². The van der Waals surface area contributed by atoms with Crippen LogP contribution in [0.2, 0.25) is 0 Å².